The van der Waals surface area contributed by atoms with E-state index in [0.29, 0.717) is 0 Å². The summed E-state index contributed by atoms with van der Waals surface area (Å²) < 4.78 is 0. The van der Waals surface area contributed by atoms with Gasteiger partial charge >= 0.3 is 0 Å². The second-order valence-corrected chi connectivity index (χ2v) is 6.28. The highest BCUT2D eigenvalue weighted by atomic mass is 13.9. The summed E-state index contributed by atoms with van der Waals surface area (Å²) in [4.78, 5) is 0. The van der Waals surface area contributed by atoms with Crippen molar-refractivity contribution < 1.29 is 0 Å². The maximum atomic E-state index is 2.40. The van der Waals surface area contributed by atoms with Gasteiger partial charge in [-0.1, -0.05) is 83.1 Å². The van der Waals surface area contributed by atoms with Crippen molar-refractivity contribution in [2.75, 3.05) is 0 Å². The van der Waals surface area contributed by atoms with E-state index in [1.54, 1.807) is 0 Å². The van der Waals surface area contributed by atoms with Gasteiger partial charge in [-0.05, 0) is 51.4 Å². The summed E-state index contributed by atoms with van der Waals surface area (Å²) in [6.07, 6.45) is 29.9. The third kappa shape index (κ3) is 19.5. The minimum Gasteiger partial charge on any atom is -0.0885 e. The van der Waals surface area contributed by atoms with Crippen LogP contribution < -0.4 is 0 Å². The largest absolute Gasteiger partial charge is 0.0885 e. The van der Waals surface area contributed by atoms with Gasteiger partial charge in [0, 0.05) is 0 Å². The van der Waals surface area contributed by atoms with Gasteiger partial charge in [-0.25, -0.2) is 0 Å². The highest BCUT2D eigenvalue weighted by Gasteiger charge is 1.88. The number of hydrogen-bond acceptors (Lipinski definition) is 0. The summed E-state index contributed by atoms with van der Waals surface area (Å²) in [6, 6.07) is 0. The number of hydrogen-bond donors (Lipinski definition) is 0. The summed E-state index contributed by atoms with van der Waals surface area (Å²) in [5.74, 6) is 0. The third-order valence-corrected chi connectivity index (χ3v) is 4.02. The van der Waals surface area contributed by atoms with Gasteiger partial charge in [0.1, 0.15) is 0 Å². The average Bonchev–Trinajstić information content (AvgIpc) is 2.50. The van der Waals surface area contributed by atoms with Gasteiger partial charge in [0.2, 0.25) is 0 Å². The molecule has 0 heteroatoms. The molecule has 0 aliphatic heterocycles. The molecule has 0 saturated heterocycles. The molecule has 0 N–H and O–H groups in total. The van der Waals surface area contributed by atoms with Crippen molar-refractivity contribution in [3.05, 3.63) is 24.3 Å². The molecule has 21 heavy (non-hydrogen) atoms. The molecule has 0 aromatic heterocycles. The summed E-state index contributed by atoms with van der Waals surface area (Å²) in [7, 11) is 0. The third-order valence-electron chi connectivity index (χ3n) is 4.02. The lowest BCUT2D eigenvalue weighted by Gasteiger charge is -1.97. The minimum atomic E-state index is 1.29. The van der Waals surface area contributed by atoms with Crippen molar-refractivity contribution >= 4 is 0 Å². The molecular formula is C21H40. The van der Waals surface area contributed by atoms with Crippen molar-refractivity contribution in [3.8, 4) is 0 Å². The van der Waals surface area contributed by atoms with Crippen LogP contribution in [0.25, 0.3) is 0 Å². The van der Waals surface area contributed by atoms with Gasteiger partial charge in [-0.2, -0.15) is 0 Å². The first-order valence-electron chi connectivity index (χ1n) is 9.71. The Labute approximate surface area is 135 Å². The van der Waals surface area contributed by atoms with Crippen LogP contribution in [-0.2, 0) is 0 Å². The summed E-state index contributed by atoms with van der Waals surface area (Å²) in [6.45, 7) is 4.55. The molecule has 0 aliphatic rings. The van der Waals surface area contributed by atoms with E-state index in [1.807, 2.05) is 0 Å². The molecule has 124 valence electrons. The Hall–Kier alpha value is -0.520. The van der Waals surface area contributed by atoms with Crippen LogP contribution in [0.5, 0.6) is 0 Å². The molecular weight excluding hydrogens is 252 g/mol. The highest BCUT2D eigenvalue weighted by molar-refractivity contribution is 4.83. The van der Waals surface area contributed by atoms with Gasteiger partial charge in [0.15, 0.2) is 0 Å². The van der Waals surface area contributed by atoms with Crippen LogP contribution in [0.3, 0.4) is 0 Å². The molecule has 0 atom stereocenters. The fraction of sp³-hybridized carbons (Fsp3) is 0.810. The molecule has 0 rings (SSSR count). The lowest BCUT2D eigenvalue weighted by atomic mass is 10.1. The second-order valence-electron chi connectivity index (χ2n) is 6.28. The van der Waals surface area contributed by atoms with Crippen molar-refractivity contribution in [1.29, 1.82) is 0 Å². The number of unbranched alkanes of at least 4 members (excludes halogenated alkanes) is 12. The lowest BCUT2D eigenvalue weighted by Crippen LogP contribution is -1.77. The Kier molecular flexibility index (Phi) is 19.0. The van der Waals surface area contributed by atoms with Gasteiger partial charge in [0.05, 0.1) is 0 Å². The molecule has 0 unspecified atom stereocenters. The predicted molar refractivity (Wildman–Crippen MR) is 98.9 cm³/mol. The average molecular weight is 293 g/mol. The van der Waals surface area contributed by atoms with Crippen LogP contribution in [-0.4, -0.2) is 0 Å². The first-order chi connectivity index (χ1) is 10.4. The fourth-order valence-electron chi connectivity index (χ4n) is 2.55. The monoisotopic (exact) mass is 292 g/mol. The van der Waals surface area contributed by atoms with E-state index in [2.05, 4.69) is 38.2 Å². The Balaban J connectivity index is 3.11. The van der Waals surface area contributed by atoms with E-state index in [1.165, 1.54) is 96.3 Å². The van der Waals surface area contributed by atoms with Gasteiger partial charge < -0.3 is 0 Å². The van der Waals surface area contributed by atoms with E-state index in [-0.39, 0.29) is 0 Å². The Morgan fingerprint density at radius 1 is 0.381 bits per heavy atom. The van der Waals surface area contributed by atoms with Crippen LogP contribution >= 0.6 is 0 Å². The molecule has 0 aliphatic carbocycles. The molecule has 0 saturated carbocycles. The standard InChI is InChI=1S/C21H40/c1-3-5-7-9-11-13-15-17-19-21-20-18-16-14-12-10-8-6-4-2/h13-16H,3-12,17-21H2,1-2H3/b15-13+,16-14+. The first kappa shape index (κ1) is 20.5. The normalized spacial score (nSPS) is 11.9. The first-order valence-corrected chi connectivity index (χ1v) is 9.71. The molecule has 0 aromatic carbocycles. The van der Waals surface area contributed by atoms with Crippen LogP contribution in [0, 0.1) is 0 Å². The summed E-state index contributed by atoms with van der Waals surface area (Å²) in [5.41, 5.74) is 0. The van der Waals surface area contributed by atoms with E-state index in [4.69, 9.17) is 0 Å². The topological polar surface area (TPSA) is 0 Å². The molecule has 0 bridgehead atoms. The highest BCUT2D eigenvalue weighted by Crippen LogP contribution is 2.08. The van der Waals surface area contributed by atoms with E-state index >= 15 is 0 Å². The van der Waals surface area contributed by atoms with Crippen LogP contribution in [0.2, 0.25) is 0 Å². The fourth-order valence-corrected chi connectivity index (χ4v) is 2.55. The minimum absolute atomic E-state index is 1.29. The molecule has 0 spiro atoms. The predicted octanol–water partition coefficient (Wildman–Crippen LogP) is 7.99. The quantitative estimate of drug-likeness (QED) is 0.200. The SMILES string of the molecule is CCCCCC/C=C/CCCCC/C=C/CCCCCC. The van der Waals surface area contributed by atoms with Crippen molar-refractivity contribution in [3.63, 3.8) is 0 Å². The van der Waals surface area contributed by atoms with Crippen LogP contribution in [0.15, 0.2) is 24.3 Å². The van der Waals surface area contributed by atoms with Crippen molar-refractivity contribution in [1.82, 2.24) is 0 Å². The molecule has 0 nitrogen and oxygen atoms in total. The summed E-state index contributed by atoms with van der Waals surface area (Å²) in [5, 5.41) is 0. The Morgan fingerprint density at radius 2 is 0.667 bits per heavy atom. The molecule has 0 heterocycles. The molecule has 0 radical (unpaired) electrons. The van der Waals surface area contributed by atoms with E-state index in [0.717, 1.165) is 0 Å². The zero-order chi connectivity index (χ0) is 15.4. The van der Waals surface area contributed by atoms with E-state index in [9.17, 15) is 0 Å². The Morgan fingerprint density at radius 3 is 0.952 bits per heavy atom. The van der Waals surface area contributed by atoms with Crippen molar-refractivity contribution in [2.24, 2.45) is 0 Å². The van der Waals surface area contributed by atoms with Crippen molar-refractivity contribution in [2.45, 2.75) is 110 Å². The smallest absolute Gasteiger partial charge is 0.0351 e. The lowest BCUT2D eigenvalue weighted by molar-refractivity contribution is 0.668. The second kappa shape index (κ2) is 19.5. The molecule has 0 fully saturated rings. The molecule has 0 aromatic rings. The maximum absolute atomic E-state index is 2.40. The summed E-state index contributed by atoms with van der Waals surface area (Å²) >= 11 is 0. The number of allylic oxidation sites excluding steroid dienone is 4. The zero-order valence-corrected chi connectivity index (χ0v) is 14.9. The van der Waals surface area contributed by atoms with Gasteiger partial charge in [-0.15, -0.1) is 0 Å². The Bertz CT molecular complexity index is 200. The van der Waals surface area contributed by atoms with Gasteiger partial charge in [0.25, 0.3) is 0 Å². The maximum Gasteiger partial charge on any atom is -0.0351 e. The van der Waals surface area contributed by atoms with Gasteiger partial charge in [-0.3, -0.25) is 0 Å². The number of rotatable bonds is 16. The molecule has 0 amide bonds. The van der Waals surface area contributed by atoms with Crippen LogP contribution in [0.1, 0.15) is 110 Å². The van der Waals surface area contributed by atoms with E-state index < -0.39 is 0 Å². The zero-order valence-electron chi connectivity index (χ0n) is 14.9. The van der Waals surface area contributed by atoms with Crippen LogP contribution in [0.4, 0.5) is 0 Å².